The van der Waals surface area contributed by atoms with Gasteiger partial charge in [0.15, 0.2) is 0 Å². The van der Waals surface area contributed by atoms with E-state index in [4.69, 9.17) is 28.9 Å². The number of benzene rings is 1. The monoisotopic (exact) mass is 289 g/mol. The minimum atomic E-state index is -0.538. The Kier molecular flexibility index (Phi) is 5.72. The molecule has 1 unspecified atom stereocenters. The molecule has 4 nitrogen and oxygen atoms in total. The van der Waals surface area contributed by atoms with Crippen LogP contribution in [0.25, 0.3) is 0 Å². The van der Waals surface area contributed by atoms with Gasteiger partial charge in [-0.1, -0.05) is 37.0 Å². The van der Waals surface area contributed by atoms with Crippen molar-refractivity contribution in [1.29, 1.82) is 0 Å². The Hall–Kier alpha value is -0.970. The predicted molar refractivity (Wildman–Crippen MR) is 75.7 cm³/mol. The zero-order valence-corrected chi connectivity index (χ0v) is 11.8. The molecule has 0 aromatic heterocycles. The van der Waals surface area contributed by atoms with Gasteiger partial charge in [-0.15, -0.1) is 0 Å². The topological polar surface area (TPSA) is 67.2 Å². The maximum Gasteiger partial charge on any atom is 0.255 e. The normalized spacial score (nSPS) is 12.3. The first-order chi connectivity index (χ1) is 8.40. The maximum atomic E-state index is 11.7. The minimum absolute atomic E-state index is 0.269. The fourth-order valence-corrected chi connectivity index (χ4v) is 1.88. The molecule has 0 saturated carbocycles. The Labute approximate surface area is 117 Å². The SMILES string of the molecule is CC(C)CC(N)C(=O)NNc1ccc(Cl)cc1Cl. The Balaban J connectivity index is 2.52. The van der Waals surface area contributed by atoms with Crippen LogP contribution in [0.5, 0.6) is 0 Å². The van der Waals surface area contributed by atoms with Crippen LogP contribution >= 0.6 is 23.2 Å². The molecule has 0 aliphatic carbocycles. The third-order valence-electron chi connectivity index (χ3n) is 2.31. The van der Waals surface area contributed by atoms with Crippen LogP contribution in [-0.2, 0) is 4.79 Å². The number of carbonyl (C=O) groups is 1. The summed E-state index contributed by atoms with van der Waals surface area (Å²) in [6.07, 6.45) is 0.627. The molecule has 1 amide bonds. The first-order valence-corrected chi connectivity index (χ1v) is 6.42. The molecule has 0 spiro atoms. The van der Waals surface area contributed by atoms with E-state index in [0.717, 1.165) is 0 Å². The van der Waals surface area contributed by atoms with Gasteiger partial charge >= 0.3 is 0 Å². The molecule has 0 heterocycles. The van der Waals surface area contributed by atoms with E-state index in [-0.39, 0.29) is 5.91 Å². The van der Waals surface area contributed by atoms with Crippen LogP contribution in [0.1, 0.15) is 20.3 Å². The Morgan fingerprint density at radius 3 is 2.61 bits per heavy atom. The second kappa shape index (κ2) is 6.83. The average molecular weight is 290 g/mol. The molecule has 1 aromatic carbocycles. The lowest BCUT2D eigenvalue weighted by molar-refractivity contribution is -0.122. The van der Waals surface area contributed by atoms with E-state index in [9.17, 15) is 4.79 Å². The van der Waals surface area contributed by atoms with E-state index in [1.807, 2.05) is 13.8 Å². The van der Waals surface area contributed by atoms with Gasteiger partial charge in [0.25, 0.3) is 5.91 Å². The predicted octanol–water partition coefficient (Wildman–Crippen LogP) is 2.81. The maximum absolute atomic E-state index is 11.7. The number of anilines is 1. The highest BCUT2D eigenvalue weighted by Gasteiger charge is 2.14. The smallest absolute Gasteiger partial charge is 0.255 e. The van der Waals surface area contributed by atoms with Gasteiger partial charge in [-0.3, -0.25) is 15.6 Å². The standard InChI is InChI=1S/C12H17Cl2N3O/c1-7(2)5-10(15)12(18)17-16-11-4-3-8(13)6-9(11)14/h3-4,6-7,10,16H,5,15H2,1-2H3,(H,17,18). The number of hydrogen-bond acceptors (Lipinski definition) is 3. The quantitative estimate of drug-likeness (QED) is 0.730. The molecular weight excluding hydrogens is 273 g/mol. The minimum Gasteiger partial charge on any atom is -0.320 e. The molecule has 0 radical (unpaired) electrons. The fraction of sp³-hybridized carbons (Fsp3) is 0.417. The number of hydrogen-bond donors (Lipinski definition) is 3. The molecule has 0 saturated heterocycles. The van der Waals surface area contributed by atoms with E-state index in [1.54, 1.807) is 18.2 Å². The lowest BCUT2D eigenvalue weighted by atomic mass is 10.0. The molecule has 1 atom stereocenters. The van der Waals surface area contributed by atoms with E-state index in [2.05, 4.69) is 10.9 Å². The zero-order valence-electron chi connectivity index (χ0n) is 10.3. The van der Waals surface area contributed by atoms with Crippen molar-refractivity contribution in [2.75, 3.05) is 5.43 Å². The molecule has 1 rings (SSSR count). The van der Waals surface area contributed by atoms with Crippen molar-refractivity contribution in [3.8, 4) is 0 Å². The van der Waals surface area contributed by atoms with Crippen molar-refractivity contribution in [3.63, 3.8) is 0 Å². The molecular formula is C12H17Cl2N3O. The van der Waals surface area contributed by atoms with Crippen molar-refractivity contribution in [2.45, 2.75) is 26.3 Å². The van der Waals surface area contributed by atoms with E-state index in [0.29, 0.717) is 28.1 Å². The largest absolute Gasteiger partial charge is 0.320 e. The van der Waals surface area contributed by atoms with Crippen LogP contribution in [0.2, 0.25) is 10.0 Å². The van der Waals surface area contributed by atoms with Gasteiger partial charge in [0.2, 0.25) is 0 Å². The highest BCUT2D eigenvalue weighted by molar-refractivity contribution is 6.36. The third kappa shape index (κ3) is 4.72. The van der Waals surface area contributed by atoms with Gasteiger partial charge < -0.3 is 5.73 Å². The average Bonchev–Trinajstić information content (AvgIpc) is 2.26. The summed E-state index contributed by atoms with van der Waals surface area (Å²) in [6.45, 7) is 4.02. The summed E-state index contributed by atoms with van der Waals surface area (Å²) in [7, 11) is 0. The Bertz CT molecular complexity index is 424. The summed E-state index contributed by atoms with van der Waals surface area (Å²) in [5.74, 6) is 0.0968. The number of carbonyl (C=O) groups excluding carboxylic acids is 1. The van der Waals surface area contributed by atoms with Gasteiger partial charge in [0.1, 0.15) is 0 Å². The van der Waals surface area contributed by atoms with Crippen LogP contribution in [0.3, 0.4) is 0 Å². The molecule has 0 fully saturated rings. The fourth-order valence-electron chi connectivity index (χ4n) is 1.43. The second-order valence-electron chi connectivity index (χ2n) is 4.47. The Morgan fingerprint density at radius 2 is 2.06 bits per heavy atom. The lowest BCUT2D eigenvalue weighted by Crippen LogP contribution is -2.43. The molecule has 18 heavy (non-hydrogen) atoms. The number of amides is 1. The van der Waals surface area contributed by atoms with Crippen molar-refractivity contribution < 1.29 is 4.79 Å². The molecule has 100 valence electrons. The molecule has 6 heteroatoms. The molecule has 4 N–H and O–H groups in total. The van der Waals surface area contributed by atoms with Gasteiger partial charge in [-0.2, -0.15) is 0 Å². The highest BCUT2D eigenvalue weighted by atomic mass is 35.5. The number of rotatable bonds is 5. The van der Waals surface area contributed by atoms with E-state index >= 15 is 0 Å². The van der Waals surface area contributed by atoms with Crippen molar-refractivity contribution in [1.82, 2.24) is 5.43 Å². The van der Waals surface area contributed by atoms with Crippen LogP contribution in [-0.4, -0.2) is 11.9 Å². The molecule has 0 aliphatic rings. The van der Waals surface area contributed by atoms with Gasteiger partial charge in [0.05, 0.1) is 16.8 Å². The van der Waals surface area contributed by atoms with Crippen molar-refractivity contribution in [2.24, 2.45) is 11.7 Å². The van der Waals surface area contributed by atoms with E-state index in [1.165, 1.54) is 0 Å². The van der Waals surface area contributed by atoms with Gasteiger partial charge in [0, 0.05) is 5.02 Å². The van der Waals surface area contributed by atoms with Crippen LogP contribution in [0, 0.1) is 5.92 Å². The summed E-state index contributed by atoms with van der Waals surface area (Å²) in [6, 6.07) is 4.41. The van der Waals surface area contributed by atoms with Crippen LogP contribution in [0.4, 0.5) is 5.69 Å². The summed E-state index contributed by atoms with van der Waals surface area (Å²) in [4.78, 5) is 11.7. The van der Waals surface area contributed by atoms with Gasteiger partial charge in [-0.05, 0) is 30.5 Å². The van der Waals surface area contributed by atoms with Crippen molar-refractivity contribution in [3.05, 3.63) is 28.2 Å². The second-order valence-corrected chi connectivity index (χ2v) is 5.32. The lowest BCUT2D eigenvalue weighted by Gasteiger charge is -2.15. The first-order valence-electron chi connectivity index (χ1n) is 5.66. The van der Waals surface area contributed by atoms with Gasteiger partial charge in [-0.25, -0.2) is 0 Å². The molecule has 1 aromatic rings. The molecule has 0 bridgehead atoms. The first kappa shape index (κ1) is 15.1. The number of nitrogens with two attached hydrogens (primary N) is 1. The van der Waals surface area contributed by atoms with Crippen LogP contribution in [0.15, 0.2) is 18.2 Å². The summed E-state index contributed by atoms with van der Waals surface area (Å²) < 4.78 is 0. The van der Waals surface area contributed by atoms with E-state index < -0.39 is 6.04 Å². The number of hydrazine groups is 1. The highest BCUT2D eigenvalue weighted by Crippen LogP contribution is 2.24. The summed E-state index contributed by atoms with van der Waals surface area (Å²) >= 11 is 11.7. The van der Waals surface area contributed by atoms with Crippen molar-refractivity contribution >= 4 is 34.8 Å². The summed E-state index contributed by atoms with van der Waals surface area (Å²) in [5, 5.41) is 0.966. The summed E-state index contributed by atoms with van der Waals surface area (Å²) in [5.41, 5.74) is 11.6. The van der Waals surface area contributed by atoms with Crippen LogP contribution < -0.4 is 16.6 Å². The molecule has 0 aliphatic heterocycles. The number of halogens is 2. The number of nitrogens with one attached hydrogen (secondary N) is 2. The Morgan fingerprint density at radius 1 is 1.39 bits per heavy atom. The third-order valence-corrected chi connectivity index (χ3v) is 2.86. The zero-order chi connectivity index (χ0) is 13.7.